The van der Waals surface area contributed by atoms with E-state index < -0.39 is 11.8 Å². The van der Waals surface area contributed by atoms with Gasteiger partial charge in [0.1, 0.15) is 12.2 Å². The van der Waals surface area contributed by atoms with Crippen molar-refractivity contribution in [1.29, 1.82) is 0 Å². The summed E-state index contributed by atoms with van der Waals surface area (Å²) in [7, 11) is 0. The second kappa shape index (κ2) is 7.63. The Morgan fingerprint density at radius 3 is 2.48 bits per heavy atom. The molecular weight excluding hydrogens is 320 g/mol. The number of para-hydroxylation sites is 1. The van der Waals surface area contributed by atoms with Crippen LogP contribution in [0.5, 0.6) is 0 Å². The van der Waals surface area contributed by atoms with E-state index in [2.05, 4.69) is 10.9 Å². The maximum Gasteiger partial charge on any atom is 0.305 e. The summed E-state index contributed by atoms with van der Waals surface area (Å²) in [5, 5.41) is 0.866. The molecule has 0 aliphatic heterocycles. The van der Waals surface area contributed by atoms with Crippen molar-refractivity contribution in [2.24, 2.45) is 0 Å². The van der Waals surface area contributed by atoms with Crippen LogP contribution >= 0.6 is 0 Å². The van der Waals surface area contributed by atoms with Crippen molar-refractivity contribution in [2.75, 3.05) is 6.61 Å². The van der Waals surface area contributed by atoms with Crippen LogP contribution in [0.4, 0.5) is 0 Å². The number of hydrogen-bond acceptors (Lipinski definition) is 4. The average Bonchev–Trinajstić information content (AvgIpc) is 2.98. The Bertz CT molecular complexity index is 887. The molecule has 0 atom stereocenters. The van der Waals surface area contributed by atoms with Crippen LogP contribution < -0.4 is 10.9 Å². The number of hydrogen-bond donors (Lipinski definition) is 2. The Kier molecular flexibility index (Phi) is 5.11. The fourth-order valence-electron chi connectivity index (χ4n) is 2.45. The van der Waals surface area contributed by atoms with Gasteiger partial charge >= 0.3 is 5.91 Å². The number of ether oxygens (including phenoxy) is 1. The summed E-state index contributed by atoms with van der Waals surface area (Å²) in [6.07, 6.45) is 0. The van der Waals surface area contributed by atoms with E-state index in [0.717, 1.165) is 16.5 Å². The van der Waals surface area contributed by atoms with Crippen LogP contribution in [-0.2, 0) is 16.1 Å². The van der Waals surface area contributed by atoms with E-state index in [4.69, 9.17) is 9.15 Å². The van der Waals surface area contributed by atoms with E-state index in [-0.39, 0.29) is 12.4 Å². The smallest absolute Gasteiger partial charge is 0.305 e. The van der Waals surface area contributed by atoms with Crippen LogP contribution in [0.2, 0.25) is 0 Å². The van der Waals surface area contributed by atoms with Crippen LogP contribution in [-0.4, -0.2) is 18.4 Å². The number of furan rings is 1. The van der Waals surface area contributed by atoms with Crippen molar-refractivity contribution in [2.45, 2.75) is 13.5 Å². The van der Waals surface area contributed by atoms with Crippen LogP contribution in [0.3, 0.4) is 0 Å². The normalized spacial score (nSPS) is 10.6. The topological polar surface area (TPSA) is 80.6 Å². The molecule has 0 spiro atoms. The third-order valence-corrected chi connectivity index (χ3v) is 3.71. The lowest BCUT2D eigenvalue weighted by atomic mass is 10.1. The number of carbonyl (C=O) groups excluding carboxylic acids is 2. The number of aryl methyl sites for hydroxylation is 1. The first-order valence-electron chi connectivity index (χ1n) is 7.84. The van der Waals surface area contributed by atoms with Gasteiger partial charge in [-0.15, -0.1) is 0 Å². The Balaban J connectivity index is 1.49. The van der Waals surface area contributed by atoms with Crippen molar-refractivity contribution < 1.29 is 18.7 Å². The van der Waals surface area contributed by atoms with E-state index in [9.17, 15) is 9.59 Å². The van der Waals surface area contributed by atoms with Crippen LogP contribution in [0.1, 0.15) is 21.7 Å². The molecule has 0 aliphatic carbocycles. The van der Waals surface area contributed by atoms with Gasteiger partial charge in [0.2, 0.25) is 0 Å². The molecule has 3 rings (SSSR count). The van der Waals surface area contributed by atoms with E-state index in [0.29, 0.717) is 12.2 Å². The molecule has 1 aromatic heterocycles. The summed E-state index contributed by atoms with van der Waals surface area (Å²) in [6.45, 7) is 1.96. The van der Waals surface area contributed by atoms with Gasteiger partial charge in [0.25, 0.3) is 5.91 Å². The first-order valence-corrected chi connectivity index (χ1v) is 7.84. The minimum absolute atomic E-state index is 0.158. The van der Waals surface area contributed by atoms with Crippen LogP contribution in [0.15, 0.2) is 59.0 Å². The van der Waals surface area contributed by atoms with Crippen molar-refractivity contribution in [3.63, 3.8) is 0 Å². The summed E-state index contributed by atoms with van der Waals surface area (Å²) in [5.41, 5.74) is 6.97. The zero-order chi connectivity index (χ0) is 17.6. The average molecular weight is 338 g/mol. The SMILES string of the molecule is Cc1c(C(=O)NNC(=O)COCc2ccccc2)oc2ccccc12. The predicted molar refractivity (Wildman–Crippen MR) is 92.7 cm³/mol. The number of benzene rings is 2. The number of fused-ring (bicyclic) bond motifs is 1. The molecule has 2 N–H and O–H groups in total. The van der Waals surface area contributed by atoms with Gasteiger partial charge in [-0.1, -0.05) is 48.5 Å². The largest absolute Gasteiger partial charge is 0.451 e. The maximum absolute atomic E-state index is 12.2. The van der Waals surface area contributed by atoms with Gasteiger partial charge in [0.05, 0.1) is 6.61 Å². The van der Waals surface area contributed by atoms with Gasteiger partial charge < -0.3 is 9.15 Å². The number of nitrogens with one attached hydrogen (secondary N) is 2. The Morgan fingerprint density at radius 2 is 1.72 bits per heavy atom. The number of rotatable bonds is 5. The summed E-state index contributed by atoms with van der Waals surface area (Å²) >= 11 is 0. The van der Waals surface area contributed by atoms with Crippen molar-refractivity contribution in [3.8, 4) is 0 Å². The highest BCUT2D eigenvalue weighted by Gasteiger charge is 2.17. The first-order chi connectivity index (χ1) is 12.1. The van der Waals surface area contributed by atoms with Crippen molar-refractivity contribution >= 4 is 22.8 Å². The summed E-state index contributed by atoms with van der Waals surface area (Å²) in [5.74, 6) is -0.783. The Morgan fingerprint density at radius 1 is 1.00 bits per heavy atom. The fraction of sp³-hybridized carbons (Fsp3) is 0.158. The minimum atomic E-state index is -0.509. The quantitative estimate of drug-likeness (QED) is 0.701. The predicted octanol–water partition coefficient (Wildman–Crippen LogP) is 2.72. The molecule has 0 unspecified atom stereocenters. The third kappa shape index (κ3) is 4.05. The van der Waals surface area contributed by atoms with E-state index in [1.165, 1.54) is 0 Å². The van der Waals surface area contributed by atoms with Crippen molar-refractivity contribution in [3.05, 3.63) is 71.5 Å². The molecule has 2 amide bonds. The molecule has 2 aromatic carbocycles. The molecule has 0 radical (unpaired) electrons. The summed E-state index contributed by atoms with van der Waals surface area (Å²) in [6, 6.07) is 16.9. The van der Waals surface area contributed by atoms with Crippen LogP contribution in [0.25, 0.3) is 11.0 Å². The zero-order valence-electron chi connectivity index (χ0n) is 13.7. The summed E-state index contributed by atoms with van der Waals surface area (Å²) in [4.78, 5) is 23.9. The number of hydrazine groups is 1. The van der Waals surface area contributed by atoms with Gasteiger partial charge in [-0.2, -0.15) is 0 Å². The molecule has 6 nitrogen and oxygen atoms in total. The van der Waals surface area contributed by atoms with Gasteiger partial charge in [0, 0.05) is 10.9 Å². The fourth-order valence-corrected chi connectivity index (χ4v) is 2.45. The van der Waals surface area contributed by atoms with Gasteiger partial charge in [-0.3, -0.25) is 20.4 Å². The van der Waals surface area contributed by atoms with E-state index >= 15 is 0 Å². The third-order valence-electron chi connectivity index (χ3n) is 3.71. The standard InChI is InChI=1S/C19H18N2O4/c1-13-15-9-5-6-10-16(15)25-18(13)19(23)21-20-17(22)12-24-11-14-7-3-2-4-8-14/h2-10H,11-12H2,1H3,(H,20,22)(H,21,23). The maximum atomic E-state index is 12.2. The van der Waals surface area contributed by atoms with Crippen molar-refractivity contribution in [1.82, 2.24) is 10.9 Å². The second-order valence-electron chi connectivity index (χ2n) is 5.53. The summed E-state index contributed by atoms with van der Waals surface area (Å²) < 4.78 is 10.8. The first kappa shape index (κ1) is 16.7. The molecule has 6 heteroatoms. The van der Waals surface area contributed by atoms with Gasteiger partial charge in [0.15, 0.2) is 5.76 Å². The van der Waals surface area contributed by atoms with E-state index in [1.54, 1.807) is 13.0 Å². The minimum Gasteiger partial charge on any atom is -0.451 e. The zero-order valence-corrected chi connectivity index (χ0v) is 13.7. The molecule has 0 bridgehead atoms. The van der Waals surface area contributed by atoms with E-state index in [1.807, 2.05) is 48.5 Å². The molecule has 3 aromatic rings. The highest BCUT2D eigenvalue weighted by molar-refractivity contribution is 5.99. The molecule has 0 saturated carbocycles. The lowest BCUT2D eigenvalue weighted by Gasteiger charge is -2.07. The number of carbonyl (C=O) groups is 2. The van der Waals surface area contributed by atoms with Gasteiger partial charge in [-0.25, -0.2) is 0 Å². The molecule has 128 valence electrons. The van der Waals surface area contributed by atoms with Gasteiger partial charge in [-0.05, 0) is 18.6 Å². The molecule has 0 fully saturated rings. The monoisotopic (exact) mass is 338 g/mol. The molecular formula is C19H18N2O4. The molecule has 1 heterocycles. The number of amides is 2. The molecule has 25 heavy (non-hydrogen) atoms. The Hall–Kier alpha value is -3.12. The molecule has 0 aliphatic rings. The highest BCUT2D eigenvalue weighted by Crippen LogP contribution is 2.24. The molecule has 0 saturated heterocycles. The highest BCUT2D eigenvalue weighted by atomic mass is 16.5. The Labute approximate surface area is 144 Å². The second-order valence-corrected chi connectivity index (χ2v) is 5.53. The lowest BCUT2D eigenvalue weighted by Crippen LogP contribution is -2.43. The van der Waals surface area contributed by atoms with Crippen LogP contribution in [0, 0.1) is 6.92 Å². The lowest BCUT2D eigenvalue weighted by molar-refractivity contribution is -0.126.